The molecule has 28 aromatic rings. The van der Waals surface area contributed by atoms with Gasteiger partial charge in [-0.3, -0.25) is 17.6 Å². The number of imidazole rings is 4. The molecule has 0 atom stereocenters. The Labute approximate surface area is 784 Å². The number of benzene rings is 20. The van der Waals surface area contributed by atoms with Crippen molar-refractivity contribution in [1.29, 1.82) is 5.26 Å². The topological polar surface area (TPSA) is 145 Å². The van der Waals surface area contributed by atoms with Crippen molar-refractivity contribution in [2.45, 2.75) is 5.41 Å². The lowest BCUT2D eigenvalue weighted by molar-refractivity contribution is 0.768. The van der Waals surface area contributed by atoms with Crippen LogP contribution in [0.4, 0.5) is 0 Å². The predicted molar refractivity (Wildman–Crippen MR) is 558 cm³/mol. The SMILES string of the molecule is N#Cc1ccc(-c2ccc3cc(-c4nc5ccccc5c5nc6ccccc6n45)ccc3c2)cc1.c1ccc(C2(c3ccccc3)c3ccc(-c4nc5ccccc5c5nc6ccccc6n45)cc3-c3ccc(-c4nc5ccccc5c5nc6ccccc6n45)cc32)cc1.c1ccc2cc(-c3ccc(-c4ccc5c(c4)nc(-c4ccc6ccccc6c4)n4c6ccccc6nc54)cc3)ccc2c1. The van der Waals surface area contributed by atoms with Crippen LogP contribution < -0.4 is 0 Å². The molecule has 13 nitrogen and oxygen atoms in total. The van der Waals surface area contributed by atoms with Gasteiger partial charge < -0.3 is 0 Å². The van der Waals surface area contributed by atoms with E-state index >= 15 is 0 Å². The van der Waals surface area contributed by atoms with Crippen LogP contribution in [0.1, 0.15) is 27.8 Å². The molecule has 0 radical (unpaired) electrons. The monoisotopic (exact) mass is 1750 g/mol. The minimum absolute atomic E-state index is 0.622. The Balaban J connectivity index is 0.000000108. The second-order valence-electron chi connectivity index (χ2n) is 35.2. The van der Waals surface area contributed by atoms with Gasteiger partial charge in [-0.15, -0.1) is 0 Å². The molecule has 8 heterocycles. The van der Waals surface area contributed by atoms with E-state index in [1.807, 2.05) is 84.9 Å². The van der Waals surface area contributed by atoms with E-state index < -0.39 is 5.41 Å². The van der Waals surface area contributed by atoms with Gasteiger partial charge >= 0.3 is 0 Å². The van der Waals surface area contributed by atoms with E-state index in [0.29, 0.717) is 5.56 Å². The average Bonchev–Trinajstić information content (AvgIpc) is 1.53. The lowest BCUT2D eigenvalue weighted by Gasteiger charge is -2.34. The van der Waals surface area contributed by atoms with Gasteiger partial charge in [-0.05, 0) is 245 Å². The third kappa shape index (κ3) is 12.8. The minimum Gasteiger partial charge on any atom is -0.276 e. The van der Waals surface area contributed by atoms with E-state index in [2.05, 4.69) is 394 Å². The van der Waals surface area contributed by atoms with Crippen LogP contribution in [0.5, 0.6) is 0 Å². The molecule has 20 aromatic carbocycles. The third-order valence-corrected chi connectivity index (χ3v) is 27.5. The number of fused-ring (bicyclic) bond motifs is 26. The number of hydrogen-bond acceptors (Lipinski definition) is 9. The Bertz CT molecular complexity index is 9860. The van der Waals surface area contributed by atoms with Gasteiger partial charge in [-0.1, -0.05) is 309 Å². The lowest BCUT2D eigenvalue weighted by atomic mass is 9.67. The first-order valence-electron chi connectivity index (χ1n) is 46.1. The number of aromatic nitrogens is 12. The van der Waals surface area contributed by atoms with Crippen LogP contribution in [-0.4, -0.2) is 57.5 Å². The standard InChI is InChI=1S/C53H32N6.C40H25N3.C31H18N4/c1-3-15-35(16-4-1)53(36-17-5-2-6-18-36)41-30-28-33(49-54-43-21-9-7-19-38(43)51-56-45-23-11-13-25-47(45)58(49)51)31-40(41)37-29-27-34(32-42(37)53)50-55-44-22-10-8-20-39(44)52-57-46-24-12-14-26-48(46)59(50)52;1-3-9-30-23-32(19-17-26(30)7-1)28-13-15-29(16-14-28)33-21-22-35-37(25-33)42-39(34-20-18-27-8-2-4-10-31(27)24-34)43-38-12-6-5-11-36(38)41-40(35)43;32-19-20-9-11-21(12-10-20)22-13-14-24-18-25(16-15-23(24)17-22)30-33-27-6-2-1-5-26(27)31-34-28-7-3-4-8-29(28)35(30)31/h1-32H;1-25H;1-18H. The van der Waals surface area contributed by atoms with Gasteiger partial charge in [0, 0.05) is 43.8 Å². The molecular weight excluding hydrogens is 1670 g/mol. The van der Waals surface area contributed by atoms with E-state index in [0.717, 1.165) is 189 Å². The summed E-state index contributed by atoms with van der Waals surface area (Å²) in [6.07, 6.45) is 0. The molecule has 1 aliphatic rings. The summed E-state index contributed by atoms with van der Waals surface area (Å²) < 4.78 is 8.84. The van der Waals surface area contributed by atoms with Gasteiger partial charge in [0.2, 0.25) is 0 Å². The van der Waals surface area contributed by atoms with Gasteiger partial charge in [0.25, 0.3) is 0 Å². The van der Waals surface area contributed by atoms with Crippen molar-refractivity contribution in [2.24, 2.45) is 0 Å². The van der Waals surface area contributed by atoms with Crippen LogP contribution in [-0.2, 0) is 5.41 Å². The molecule has 0 N–H and O–H groups in total. The normalized spacial score (nSPS) is 12.3. The van der Waals surface area contributed by atoms with E-state index in [1.165, 1.54) is 66.1 Å². The summed E-state index contributed by atoms with van der Waals surface area (Å²) in [5.41, 5.74) is 33.7. The molecule has 0 spiro atoms. The number of hydrogen-bond donors (Lipinski definition) is 0. The Hall–Kier alpha value is -18.8. The molecular formula is C124H75N13. The molecule has 0 fully saturated rings. The van der Waals surface area contributed by atoms with Crippen molar-refractivity contribution in [3.05, 3.63) is 483 Å². The van der Waals surface area contributed by atoms with Gasteiger partial charge in [-0.25, -0.2) is 39.9 Å². The second kappa shape index (κ2) is 31.5. The van der Waals surface area contributed by atoms with Crippen molar-refractivity contribution in [2.75, 3.05) is 0 Å². The zero-order valence-corrected chi connectivity index (χ0v) is 73.6. The maximum Gasteiger partial charge on any atom is 0.149 e. The Morgan fingerprint density at radius 1 is 0.190 bits per heavy atom. The minimum atomic E-state index is -0.622. The lowest BCUT2D eigenvalue weighted by Crippen LogP contribution is -2.28. The van der Waals surface area contributed by atoms with Crippen molar-refractivity contribution in [3.63, 3.8) is 0 Å². The first kappa shape index (κ1) is 78.1. The molecule has 0 saturated carbocycles. The molecule has 0 aliphatic heterocycles. The predicted octanol–water partition coefficient (Wildman–Crippen LogP) is 29.8. The molecule has 1 aliphatic carbocycles. The molecule has 0 bridgehead atoms. The molecule has 636 valence electrons. The summed E-state index contributed by atoms with van der Waals surface area (Å²) in [6, 6.07) is 162. The van der Waals surface area contributed by atoms with E-state index in [1.54, 1.807) is 0 Å². The van der Waals surface area contributed by atoms with Crippen LogP contribution in [0.15, 0.2) is 455 Å². The number of para-hydroxylation sites is 11. The first-order valence-corrected chi connectivity index (χ1v) is 46.1. The van der Waals surface area contributed by atoms with Crippen LogP contribution >= 0.6 is 0 Å². The van der Waals surface area contributed by atoms with Gasteiger partial charge in [-0.2, -0.15) is 5.26 Å². The van der Waals surface area contributed by atoms with Gasteiger partial charge in [0.05, 0.1) is 83.2 Å². The van der Waals surface area contributed by atoms with Gasteiger partial charge in [0.15, 0.2) is 0 Å². The van der Waals surface area contributed by atoms with Crippen molar-refractivity contribution in [3.8, 4) is 96.1 Å². The number of rotatable bonds is 9. The molecule has 137 heavy (non-hydrogen) atoms. The molecule has 0 amide bonds. The fourth-order valence-corrected chi connectivity index (χ4v) is 21.0. The largest absolute Gasteiger partial charge is 0.276 e. The van der Waals surface area contributed by atoms with Crippen molar-refractivity contribution >= 4 is 143 Å². The quantitative estimate of drug-likeness (QED) is 0.138. The summed E-state index contributed by atoms with van der Waals surface area (Å²) in [7, 11) is 0. The highest BCUT2D eigenvalue weighted by Crippen LogP contribution is 2.58. The fraction of sp³-hybridized carbons (Fsp3) is 0.00806. The van der Waals surface area contributed by atoms with Crippen molar-refractivity contribution < 1.29 is 0 Å². The highest BCUT2D eigenvalue weighted by molar-refractivity contribution is 6.06. The Morgan fingerprint density at radius 3 is 0.912 bits per heavy atom. The smallest absolute Gasteiger partial charge is 0.149 e. The first-order chi connectivity index (χ1) is 67.8. The fourth-order valence-electron chi connectivity index (χ4n) is 21.0. The molecule has 29 rings (SSSR count). The van der Waals surface area contributed by atoms with Crippen LogP contribution in [0.25, 0.3) is 233 Å². The number of nitrogens with zero attached hydrogens (tertiary/aromatic N) is 13. The zero-order chi connectivity index (χ0) is 90.3. The van der Waals surface area contributed by atoms with E-state index in [4.69, 9.17) is 45.1 Å². The molecule has 0 unspecified atom stereocenters. The maximum absolute atomic E-state index is 9.07. The van der Waals surface area contributed by atoms with E-state index in [-0.39, 0.29) is 0 Å². The molecule has 13 heteroatoms. The summed E-state index contributed by atoms with van der Waals surface area (Å²) in [6.45, 7) is 0. The summed E-state index contributed by atoms with van der Waals surface area (Å²) in [5, 5.41) is 20.4. The molecule has 0 saturated heterocycles. The third-order valence-electron chi connectivity index (χ3n) is 27.5. The Kier molecular flexibility index (Phi) is 18.0. The zero-order valence-electron chi connectivity index (χ0n) is 73.6. The Morgan fingerprint density at radius 2 is 0.482 bits per heavy atom. The highest BCUT2D eigenvalue weighted by Gasteiger charge is 2.47. The van der Waals surface area contributed by atoms with Crippen LogP contribution in [0.3, 0.4) is 0 Å². The average molecular weight is 1750 g/mol. The van der Waals surface area contributed by atoms with Crippen molar-refractivity contribution in [1.82, 2.24) is 57.5 Å². The van der Waals surface area contributed by atoms with Crippen LogP contribution in [0, 0.1) is 11.3 Å². The van der Waals surface area contributed by atoms with E-state index in [9.17, 15) is 0 Å². The highest BCUT2D eigenvalue weighted by atomic mass is 15.1. The summed E-state index contributed by atoms with van der Waals surface area (Å²) in [5.74, 6) is 3.49. The molecule has 8 aromatic heterocycles. The van der Waals surface area contributed by atoms with Gasteiger partial charge in [0.1, 0.15) is 45.9 Å². The summed E-state index contributed by atoms with van der Waals surface area (Å²) >= 11 is 0. The maximum atomic E-state index is 9.07. The second-order valence-corrected chi connectivity index (χ2v) is 35.2. The van der Waals surface area contributed by atoms with Crippen LogP contribution in [0.2, 0.25) is 0 Å². The summed E-state index contributed by atoms with van der Waals surface area (Å²) in [4.78, 5) is 41.5. The number of nitriles is 1.